The molecule has 0 radical (unpaired) electrons. The van der Waals surface area contributed by atoms with Gasteiger partial charge in [0.15, 0.2) is 0 Å². The van der Waals surface area contributed by atoms with E-state index in [0.717, 1.165) is 18.2 Å². The fourth-order valence-electron chi connectivity index (χ4n) is 1.49. The largest absolute Gasteiger partial charge is 0.322 e. The van der Waals surface area contributed by atoms with Gasteiger partial charge in [0.05, 0.1) is 23.1 Å². The van der Waals surface area contributed by atoms with E-state index in [0.29, 0.717) is 0 Å². The molecule has 0 aliphatic carbocycles. The van der Waals surface area contributed by atoms with Gasteiger partial charge in [-0.2, -0.15) is 0 Å². The van der Waals surface area contributed by atoms with Gasteiger partial charge >= 0.3 is 0 Å². The van der Waals surface area contributed by atoms with Crippen molar-refractivity contribution in [2.75, 3.05) is 10.7 Å². The lowest BCUT2D eigenvalue weighted by Crippen LogP contribution is -2.18. The van der Waals surface area contributed by atoms with E-state index in [1.807, 2.05) is 0 Å². The number of rotatable bonds is 3. The Kier molecular flexibility index (Phi) is 3.67. The molecule has 0 aliphatic rings. The zero-order valence-electron chi connectivity index (χ0n) is 9.65. The number of benzene rings is 1. The molecule has 0 spiro atoms. The number of anilines is 2. The Balaban J connectivity index is 2.28. The van der Waals surface area contributed by atoms with E-state index >= 15 is 0 Å². The third kappa shape index (κ3) is 2.83. The first kappa shape index (κ1) is 12.9. The molecule has 0 saturated carbocycles. The SMILES string of the molecule is NNc1cnccc1C(=O)Nc1cc(F)ccc1F. The number of nitrogens with zero attached hydrogens (tertiary/aromatic N) is 1. The maximum atomic E-state index is 13.4. The molecule has 0 atom stereocenters. The van der Waals surface area contributed by atoms with Gasteiger partial charge in [0.25, 0.3) is 5.91 Å². The Labute approximate surface area is 107 Å². The van der Waals surface area contributed by atoms with Gasteiger partial charge in [-0.25, -0.2) is 8.78 Å². The number of aromatic nitrogens is 1. The van der Waals surface area contributed by atoms with Crippen LogP contribution in [-0.2, 0) is 0 Å². The molecular formula is C12H10F2N4O. The highest BCUT2D eigenvalue weighted by Crippen LogP contribution is 2.18. The predicted molar refractivity (Wildman–Crippen MR) is 66.4 cm³/mol. The molecule has 5 nitrogen and oxygen atoms in total. The molecule has 1 aromatic heterocycles. The molecule has 0 bridgehead atoms. The lowest BCUT2D eigenvalue weighted by Gasteiger charge is -2.09. The van der Waals surface area contributed by atoms with Crippen LogP contribution in [0.3, 0.4) is 0 Å². The van der Waals surface area contributed by atoms with Crippen LogP contribution >= 0.6 is 0 Å². The number of carbonyl (C=O) groups excluding carboxylic acids is 1. The number of pyridine rings is 1. The van der Waals surface area contributed by atoms with Crippen LogP contribution in [0.25, 0.3) is 0 Å². The lowest BCUT2D eigenvalue weighted by atomic mass is 10.2. The van der Waals surface area contributed by atoms with Crippen LogP contribution in [0.2, 0.25) is 0 Å². The highest BCUT2D eigenvalue weighted by molar-refractivity contribution is 6.07. The minimum atomic E-state index is -0.730. The molecule has 1 amide bonds. The first-order valence-corrected chi connectivity index (χ1v) is 5.29. The van der Waals surface area contributed by atoms with Crippen molar-refractivity contribution in [2.45, 2.75) is 0 Å². The number of amides is 1. The Hall–Kier alpha value is -2.54. The van der Waals surface area contributed by atoms with Crippen molar-refractivity contribution in [1.82, 2.24) is 4.98 Å². The molecule has 0 saturated heterocycles. The van der Waals surface area contributed by atoms with Gasteiger partial charge in [0, 0.05) is 12.3 Å². The molecule has 2 aromatic rings. The first-order chi connectivity index (χ1) is 9.11. The number of hydrogen-bond acceptors (Lipinski definition) is 4. The molecule has 98 valence electrons. The smallest absolute Gasteiger partial charge is 0.258 e. The van der Waals surface area contributed by atoms with Gasteiger partial charge < -0.3 is 10.7 Å². The number of nitrogen functional groups attached to an aromatic ring is 1. The third-order valence-corrected chi connectivity index (χ3v) is 2.40. The summed E-state index contributed by atoms with van der Waals surface area (Å²) in [5, 5.41) is 2.26. The predicted octanol–water partition coefficient (Wildman–Crippen LogP) is 1.90. The average Bonchev–Trinajstić information content (AvgIpc) is 2.42. The van der Waals surface area contributed by atoms with Gasteiger partial charge in [-0.1, -0.05) is 0 Å². The van der Waals surface area contributed by atoms with Crippen molar-refractivity contribution in [3.8, 4) is 0 Å². The monoisotopic (exact) mass is 264 g/mol. The quantitative estimate of drug-likeness (QED) is 0.584. The number of carbonyl (C=O) groups is 1. The fourth-order valence-corrected chi connectivity index (χ4v) is 1.49. The zero-order chi connectivity index (χ0) is 13.8. The number of nitrogens with one attached hydrogen (secondary N) is 2. The zero-order valence-corrected chi connectivity index (χ0v) is 9.65. The van der Waals surface area contributed by atoms with Crippen molar-refractivity contribution < 1.29 is 13.6 Å². The lowest BCUT2D eigenvalue weighted by molar-refractivity contribution is 0.102. The Morgan fingerprint density at radius 1 is 1.21 bits per heavy atom. The van der Waals surface area contributed by atoms with Crippen molar-refractivity contribution in [3.05, 3.63) is 53.9 Å². The maximum absolute atomic E-state index is 13.4. The van der Waals surface area contributed by atoms with Crippen LogP contribution in [0.5, 0.6) is 0 Å². The molecule has 2 rings (SSSR count). The highest BCUT2D eigenvalue weighted by atomic mass is 19.1. The summed E-state index contributed by atoms with van der Waals surface area (Å²) < 4.78 is 26.4. The summed E-state index contributed by atoms with van der Waals surface area (Å²) in [6.07, 6.45) is 2.73. The minimum Gasteiger partial charge on any atom is -0.322 e. The first-order valence-electron chi connectivity index (χ1n) is 5.29. The summed E-state index contributed by atoms with van der Waals surface area (Å²) in [5.41, 5.74) is 2.49. The van der Waals surface area contributed by atoms with Crippen molar-refractivity contribution in [2.24, 2.45) is 5.84 Å². The summed E-state index contributed by atoms with van der Waals surface area (Å²) in [7, 11) is 0. The van der Waals surface area contributed by atoms with E-state index in [2.05, 4.69) is 15.7 Å². The van der Waals surface area contributed by atoms with Crippen LogP contribution in [0.1, 0.15) is 10.4 Å². The second-order valence-corrected chi connectivity index (χ2v) is 3.64. The molecule has 0 aliphatic heterocycles. The van der Waals surface area contributed by atoms with Gasteiger partial charge in [0.2, 0.25) is 0 Å². The Morgan fingerprint density at radius 2 is 2.00 bits per heavy atom. The molecule has 4 N–H and O–H groups in total. The van der Waals surface area contributed by atoms with Crippen LogP contribution < -0.4 is 16.6 Å². The van der Waals surface area contributed by atoms with E-state index < -0.39 is 17.5 Å². The summed E-state index contributed by atoms with van der Waals surface area (Å²) in [4.78, 5) is 15.7. The van der Waals surface area contributed by atoms with Crippen LogP contribution in [0.4, 0.5) is 20.2 Å². The topological polar surface area (TPSA) is 80.0 Å². The van der Waals surface area contributed by atoms with Gasteiger partial charge in [-0.3, -0.25) is 15.6 Å². The molecular weight excluding hydrogens is 254 g/mol. The number of hydrogen-bond donors (Lipinski definition) is 3. The summed E-state index contributed by atoms with van der Waals surface area (Å²) in [6, 6.07) is 4.19. The maximum Gasteiger partial charge on any atom is 0.258 e. The summed E-state index contributed by atoms with van der Waals surface area (Å²) >= 11 is 0. The molecule has 19 heavy (non-hydrogen) atoms. The average molecular weight is 264 g/mol. The van der Waals surface area contributed by atoms with Crippen LogP contribution in [-0.4, -0.2) is 10.9 Å². The fraction of sp³-hybridized carbons (Fsp3) is 0. The second kappa shape index (κ2) is 5.40. The molecule has 0 unspecified atom stereocenters. The third-order valence-electron chi connectivity index (χ3n) is 2.40. The van der Waals surface area contributed by atoms with Crippen molar-refractivity contribution in [3.63, 3.8) is 0 Å². The van der Waals surface area contributed by atoms with Crippen molar-refractivity contribution in [1.29, 1.82) is 0 Å². The molecule has 1 heterocycles. The molecule has 1 aromatic carbocycles. The summed E-state index contributed by atoms with van der Waals surface area (Å²) in [6.45, 7) is 0. The van der Waals surface area contributed by atoms with E-state index in [-0.39, 0.29) is 16.9 Å². The van der Waals surface area contributed by atoms with E-state index in [9.17, 15) is 13.6 Å². The number of halogens is 2. The Morgan fingerprint density at radius 3 is 2.74 bits per heavy atom. The minimum absolute atomic E-state index is 0.168. The highest BCUT2D eigenvalue weighted by Gasteiger charge is 2.13. The van der Waals surface area contributed by atoms with E-state index in [1.165, 1.54) is 18.5 Å². The normalized spacial score (nSPS) is 10.1. The van der Waals surface area contributed by atoms with Gasteiger partial charge in [0.1, 0.15) is 11.6 Å². The van der Waals surface area contributed by atoms with Crippen LogP contribution in [0.15, 0.2) is 36.7 Å². The van der Waals surface area contributed by atoms with Crippen LogP contribution in [0, 0.1) is 11.6 Å². The Bertz CT molecular complexity index is 618. The standard InChI is InChI=1S/C12H10F2N4O/c13-7-1-2-9(14)10(5-7)17-12(19)8-3-4-16-6-11(8)18-15/h1-6,18H,15H2,(H,17,19). The number of hydrazine groups is 1. The van der Waals surface area contributed by atoms with E-state index in [1.54, 1.807) is 0 Å². The molecule has 0 fully saturated rings. The van der Waals surface area contributed by atoms with Crippen molar-refractivity contribution >= 4 is 17.3 Å². The van der Waals surface area contributed by atoms with E-state index in [4.69, 9.17) is 5.84 Å². The number of nitrogens with two attached hydrogens (primary N) is 1. The molecule has 7 heteroatoms. The van der Waals surface area contributed by atoms with Gasteiger partial charge in [-0.15, -0.1) is 0 Å². The van der Waals surface area contributed by atoms with Gasteiger partial charge in [-0.05, 0) is 18.2 Å². The summed E-state index contributed by atoms with van der Waals surface area (Å²) in [5.74, 6) is 3.23. The second-order valence-electron chi connectivity index (χ2n) is 3.64.